The fourth-order valence-electron chi connectivity index (χ4n) is 1.23. The number of rotatable bonds is 3. The summed E-state index contributed by atoms with van der Waals surface area (Å²) in [5, 5.41) is 9.49. The van der Waals surface area contributed by atoms with Crippen LogP contribution in [0.3, 0.4) is 0 Å². The molecule has 1 N–H and O–H groups in total. The van der Waals surface area contributed by atoms with Crippen LogP contribution in [0.1, 0.15) is 26.3 Å². The minimum Gasteiger partial charge on any atom is -0.386 e. The normalized spacial score (nSPS) is 13.5. The molecular formula is C14H18O. The summed E-state index contributed by atoms with van der Waals surface area (Å²) >= 11 is 0. The minimum absolute atomic E-state index is 0.743. The Morgan fingerprint density at radius 3 is 2.33 bits per heavy atom. The predicted octanol–water partition coefficient (Wildman–Crippen LogP) is 3.42. The summed E-state index contributed by atoms with van der Waals surface area (Å²) in [4.78, 5) is 0. The quantitative estimate of drug-likeness (QED) is 0.745. The fourth-order valence-corrected chi connectivity index (χ4v) is 1.23. The van der Waals surface area contributed by atoms with E-state index in [9.17, 15) is 5.11 Å². The number of hydrogen-bond donors (Lipinski definition) is 1. The third-order valence-corrected chi connectivity index (χ3v) is 2.08. The van der Waals surface area contributed by atoms with Gasteiger partial charge in [-0.2, -0.15) is 0 Å². The Balaban J connectivity index is 2.74. The zero-order chi connectivity index (χ0) is 11.3. The summed E-state index contributed by atoms with van der Waals surface area (Å²) in [5.41, 5.74) is 1.65. The van der Waals surface area contributed by atoms with Gasteiger partial charge in [0.15, 0.2) is 0 Å². The molecule has 1 aromatic rings. The molecule has 0 unspecified atom stereocenters. The topological polar surface area (TPSA) is 20.2 Å². The predicted molar refractivity (Wildman–Crippen MR) is 65.5 cm³/mol. The standard InChI is InChI=1S/C14H18O/c1-12(8-7-11-14(2,3)15)13-9-5-4-6-10-13/h4-11,15H,1-3H3/b11-7+,12-8+. The van der Waals surface area contributed by atoms with E-state index in [0.717, 1.165) is 0 Å². The molecule has 1 aromatic carbocycles. The molecular weight excluding hydrogens is 184 g/mol. The molecule has 0 bridgehead atoms. The van der Waals surface area contributed by atoms with Gasteiger partial charge in [-0.15, -0.1) is 0 Å². The van der Waals surface area contributed by atoms with Crippen molar-refractivity contribution in [3.05, 3.63) is 54.1 Å². The molecule has 0 aliphatic heterocycles. The molecule has 0 saturated heterocycles. The highest BCUT2D eigenvalue weighted by Crippen LogP contribution is 2.13. The van der Waals surface area contributed by atoms with Crippen LogP contribution in [0, 0.1) is 0 Å². The van der Waals surface area contributed by atoms with Crippen molar-refractivity contribution in [2.75, 3.05) is 0 Å². The first-order valence-electron chi connectivity index (χ1n) is 5.13. The molecule has 0 amide bonds. The van der Waals surface area contributed by atoms with Gasteiger partial charge < -0.3 is 5.11 Å². The molecule has 1 nitrogen and oxygen atoms in total. The molecule has 0 aliphatic carbocycles. The van der Waals surface area contributed by atoms with Crippen LogP contribution in [0.25, 0.3) is 5.57 Å². The van der Waals surface area contributed by atoms with E-state index in [-0.39, 0.29) is 0 Å². The summed E-state index contributed by atoms with van der Waals surface area (Å²) < 4.78 is 0. The lowest BCUT2D eigenvalue weighted by Gasteiger charge is -2.09. The van der Waals surface area contributed by atoms with Crippen LogP contribution in [-0.2, 0) is 0 Å². The number of aliphatic hydroxyl groups is 1. The molecule has 0 aliphatic rings. The van der Waals surface area contributed by atoms with Crippen LogP contribution in [0.15, 0.2) is 48.6 Å². The van der Waals surface area contributed by atoms with Crippen molar-refractivity contribution in [3.8, 4) is 0 Å². The van der Waals surface area contributed by atoms with Gasteiger partial charge in [0.2, 0.25) is 0 Å². The molecule has 1 heteroatoms. The van der Waals surface area contributed by atoms with Crippen LogP contribution in [0.5, 0.6) is 0 Å². The van der Waals surface area contributed by atoms with Gasteiger partial charge in [0, 0.05) is 0 Å². The van der Waals surface area contributed by atoms with E-state index in [1.54, 1.807) is 19.9 Å². The van der Waals surface area contributed by atoms with Crippen molar-refractivity contribution in [2.45, 2.75) is 26.4 Å². The largest absolute Gasteiger partial charge is 0.386 e. The monoisotopic (exact) mass is 202 g/mol. The van der Waals surface area contributed by atoms with E-state index >= 15 is 0 Å². The maximum Gasteiger partial charge on any atom is 0.0774 e. The minimum atomic E-state index is -0.743. The fraction of sp³-hybridized carbons (Fsp3) is 0.286. The molecule has 0 atom stereocenters. The van der Waals surface area contributed by atoms with Crippen LogP contribution >= 0.6 is 0 Å². The maximum atomic E-state index is 9.49. The third-order valence-electron chi connectivity index (χ3n) is 2.08. The molecule has 15 heavy (non-hydrogen) atoms. The average Bonchev–Trinajstić information content (AvgIpc) is 2.17. The zero-order valence-corrected chi connectivity index (χ0v) is 9.57. The Morgan fingerprint density at radius 1 is 1.20 bits per heavy atom. The lowest BCUT2D eigenvalue weighted by Crippen LogP contribution is -2.13. The van der Waals surface area contributed by atoms with Crippen LogP contribution in [-0.4, -0.2) is 10.7 Å². The molecule has 0 heterocycles. The van der Waals surface area contributed by atoms with Crippen molar-refractivity contribution in [2.24, 2.45) is 0 Å². The second-order valence-corrected chi connectivity index (χ2v) is 4.23. The van der Waals surface area contributed by atoms with Gasteiger partial charge in [-0.1, -0.05) is 48.6 Å². The van der Waals surface area contributed by atoms with E-state index in [1.807, 2.05) is 30.4 Å². The van der Waals surface area contributed by atoms with E-state index in [0.29, 0.717) is 0 Å². The first-order valence-corrected chi connectivity index (χ1v) is 5.13. The molecule has 0 spiro atoms. The van der Waals surface area contributed by atoms with Gasteiger partial charge in [-0.05, 0) is 31.9 Å². The first-order chi connectivity index (χ1) is 6.99. The van der Waals surface area contributed by atoms with Crippen molar-refractivity contribution < 1.29 is 5.11 Å². The number of allylic oxidation sites excluding steroid dienone is 3. The highest BCUT2D eigenvalue weighted by atomic mass is 16.3. The Labute approximate surface area is 91.8 Å². The number of benzene rings is 1. The van der Waals surface area contributed by atoms with Gasteiger partial charge >= 0.3 is 0 Å². The molecule has 0 radical (unpaired) electrons. The highest BCUT2D eigenvalue weighted by Gasteiger charge is 2.04. The van der Waals surface area contributed by atoms with E-state index in [1.165, 1.54) is 11.1 Å². The molecule has 0 saturated carbocycles. The molecule has 0 fully saturated rings. The van der Waals surface area contributed by atoms with E-state index in [2.05, 4.69) is 19.1 Å². The zero-order valence-electron chi connectivity index (χ0n) is 9.57. The van der Waals surface area contributed by atoms with Crippen molar-refractivity contribution >= 4 is 5.57 Å². The van der Waals surface area contributed by atoms with Crippen LogP contribution in [0.2, 0.25) is 0 Å². The Hall–Kier alpha value is -1.34. The number of hydrogen-bond acceptors (Lipinski definition) is 1. The summed E-state index contributed by atoms with van der Waals surface area (Å²) in [5.74, 6) is 0. The van der Waals surface area contributed by atoms with Gasteiger partial charge in [0.1, 0.15) is 0 Å². The van der Waals surface area contributed by atoms with Crippen LogP contribution in [0.4, 0.5) is 0 Å². The summed E-state index contributed by atoms with van der Waals surface area (Å²) in [6.07, 6.45) is 5.68. The Kier molecular flexibility index (Phi) is 3.87. The summed E-state index contributed by atoms with van der Waals surface area (Å²) in [6, 6.07) is 10.2. The Morgan fingerprint density at radius 2 is 1.80 bits per heavy atom. The molecule has 80 valence electrons. The van der Waals surface area contributed by atoms with Crippen molar-refractivity contribution in [1.29, 1.82) is 0 Å². The smallest absolute Gasteiger partial charge is 0.0774 e. The lowest BCUT2D eigenvalue weighted by atomic mass is 10.1. The van der Waals surface area contributed by atoms with Crippen molar-refractivity contribution in [1.82, 2.24) is 0 Å². The lowest BCUT2D eigenvalue weighted by molar-refractivity contribution is 0.133. The van der Waals surface area contributed by atoms with Gasteiger partial charge in [0.05, 0.1) is 5.60 Å². The van der Waals surface area contributed by atoms with Gasteiger partial charge in [-0.3, -0.25) is 0 Å². The second-order valence-electron chi connectivity index (χ2n) is 4.23. The summed E-state index contributed by atoms with van der Waals surface area (Å²) in [6.45, 7) is 5.58. The maximum absolute atomic E-state index is 9.49. The average molecular weight is 202 g/mol. The molecule has 0 aromatic heterocycles. The summed E-state index contributed by atoms with van der Waals surface area (Å²) in [7, 11) is 0. The van der Waals surface area contributed by atoms with Gasteiger partial charge in [0.25, 0.3) is 0 Å². The van der Waals surface area contributed by atoms with Crippen molar-refractivity contribution in [3.63, 3.8) is 0 Å². The van der Waals surface area contributed by atoms with E-state index in [4.69, 9.17) is 0 Å². The Bertz CT molecular complexity index is 353. The molecule has 1 rings (SSSR count). The first kappa shape index (κ1) is 11.7. The highest BCUT2D eigenvalue weighted by molar-refractivity contribution is 5.64. The SMILES string of the molecule is C/C(=C\C=C\C(C)(C)O)c1ccccc1. The van der Waals surface area contributed by atoms with Gasteiger partial charge in [-0.25, -0.2) is 0 Å². The third kappa shape index (κ3) is 4.61. The van der Waals surface area contributed by atoms with E-state index < -0.39 is 5.60 Å². The van der Waals surface area contributed by atoms with Crippen LogP contribution < -0.4 is 0 Å². The second kappa shape index (κ2) is 4.94.